The van der Waals surface area contributed by atoms with Crippen molar-refractivity contribution in [3.8, 4) is 0 Å². The van der Waals surface area contributed by atoms with Gasteiger partial charge in [-0.2, -0.15) is 0 Å². The number of rotatable bonds is 2. The summed E-state index contributed by atoms with van der Waals surface area (Å²) >= 11 is 6.08. The van der Waals surface area contributed by atoms with Crippen molar-refractivity contribution in [3.63, 3.8) is 0 Å². The van der Waals surface area contributed by atoms with E-state index in [1.165, 1.54) is 0 Å². The Bertz CT molecular complexity index is 436. The van der Waals surface area contributed by atoms with Crippen molar-refractivity contribution >= 4 is 17.3 Å². The smallest absolute Gasteiger partial charge is 0.272 e. The van der Waals surface area contributed by atoms with Crippen LogP contribution in [-0.2, 0) is 4.74 Å². The number of hydrogen-bond acceptors (Lipinski definition) is 3. The SMILES string of the molecule is Cc1ccc([C@@H]2C[C@H](Cl)CCO2)cc1[N+](=O)[O-]. The fraction of sp³-hybridized carbons (Fsp3) is 0.500. The van der Waals surface area contributed by atoms with E-state index in [9.17, 15) is 10.1 Å². The maximum atomic E-state index is 10.9. The highest BCUT2D eigenvalue weighted by molar-refractivity contribution is 6.20. The Kier molecular flexibility index (Phi) is 3.64. The summed E-state index contributed by atoms with van der Waals surface area (Å²) in [6.07, 6.45) is 1.43. The van der Waals surface area contributed by atoms with Crippen LogP contribution >= 0.6 is 11.6 Å². The minimum atomic E-state index is -0.361. The van der Waals surface area contributed by atoms with Crippen LogP contribution in [0.2, 0.25) is 0 Å². The zero-order chi connectivity index (χ0) is 12.4. The highest BCUT2D eigenvalue weighted by atomic mass is 35.5. The molecule has 0 radical (unpaired) electrons. The van der Waals surface area contributed by atoms with Crippen molar-refractivity contribution in [1.29, 1.82) is 0 Å². The molecule has 2 rings (SSSR count). The number of hydrogen-bond donors (Lipinski definition) is 0. The fourth-order valence-electron chi connectivity index (χ4n) is 2.01. The van der Waals surface area contributed by atoms with E-state index >= 15 is 0 Å². The second-order valence-electron chi connectivity index (χ2n) is 4.28. The van der Waals surface area contributed by atoms with Crippen LogP contribution in [0.5, 0.6) is 0 Å². The Balaban J connectivity index is 2.26. The molecule has 0 unspecified atom stereocenters. The second-order valence-corrected chi connectivity index (χ2v) is 4.90. The lowest BCUT2D eigenvalue weighted by Crippen LogP contribution is -2.20. The third-order valence-electron chi connectivity index (χ3n) is 3.02. The topological polar surface area (TPSA) is 52.4 Å². The lowest BCUT2D eigenvalue weighted by atomic mass is 9.99. The summed E-state index contributed by atoms with van der Waals surface area (Å²) in [4.78, 5) is 10.5. The van der Waals surface area contributed by atoms with Crippen LogP contribution in [0.15, 0.2) is 18.2 Å². The van der Waals surface area contributed by atoms with E-state index in [1.807, 2.05) is 6.07 Å². The van der Waals surface area contributed by atoms with Gasteiger partial charge in [0, 0.05) is 23.6 Å². The second kappa shape index (κ2) is 5.02. The molecule has 1 aromatic rings. The summed E-state index contributed by atoms with van der Waals surface area (Å²) in [5.74, 6) is 0. The monoisotopic (exact) mass is 255 g/mol. The highest BCUT2D eigenvalue weighted by Gasteiger charge is 2.24. The van der Waals surface area contributed by atoms with Crippen LogP contribution in [0.1, 0.15) is 30.1 Å². The van der Waals surface area contributed by atoms with E-state index in [0.717, 1.165) is 12.0 Å². The van der Waals surface area contributed by atoms with Crippen molar-refractivity contribution in [3.05, 3.63) is 39.4 Å². The van der Waals surface area contributed by atoms with E-state index in [-0.39, 0.29) is 22.1 Å². The molecule has 0 aliphatic carbocycles. The van der Waals surface area contributed by atoms with Crippen LogP contribution in [0.4, 0.5) is 5.69 Å². The molecule has 0 aromatic heterocycles. The summed E-state index contributed by atoms with van der Waals surface area (Å²) in [5.41, 5.74) is 1.65. The number of ether oxygens (including phenoxy) is 1. The number of benzene rings is 1. The molecule has 1 heterocycles. The lowest BCUT2D eigenvalue weighted by Gasteiger charge is -2.26. The normalized spacial score (nSPS) is 24.6. The minimum absolute atomic E-state index is 0.0918. The first kappa shape index (κ1) is 12.3. The summed E-state index contributed by atoms with van der Waals surface area (Å²) < 4.78 is 5.60. The van der Waals surface area contributed by atoms with Crippen LogP contribution in [0.25, 0.3) is 0 Å². The Morgan fingerprint density at radius 1 is 1.53 bits per heavy atom. The molecule has 1 aliphatic heterocycles. The van der Waals surface area contributed by atoms with Crippen LogP contribution in [-0.4, -0.2) is 16.9 Å². The zero-order valence-corrected chi connectivity index (χ0v) is 10.3. The van der Waals surface area contributed by atoms with Gasteiger partial charge in [-0.3, -0.25) is 10.1 Å². The number of aryl methyl sites for hydroxylation is 1. The van der Waals surface area contributed by atoms with Crippen molar-refractivity contribution in [2.24, 2.45) is 0 Å². The van der Waals surface area contributed by atoms with Crippen molar-refractivity contribution < 1.29 is 9.66 Å². The predicted octanol–water partition coefficient (Wildman–Crippen LogP) is 3.36. The summed E-state index contributed by atoms with van der Waals surface area (Å²) in [6.45, 7) is 2.34. The zero-order valence-electron chi connectivity index (χ0n) is 9.56. The molecule has 17 heavy (non-hydrogen) atoms. The molecule has 2 atom stereocenters. The van der Waals surface area contributed by atoms with Gasteiger partial charge in [-0.25, -0.2) is 0 Å². The number of alkyl halides is 1. The highest BCUT2D eigenvalue weighted by Crippen LogP contribution is 2.33. The minimum Gasteiger partial charge on any atom is -0.373 e. The van der Waals surface area contributed by atoms with Gasteiger partial charge in [-0.1, -0.05) is 12.1 Å². The van der Waals surface area contributed by atoms with Gasteiger partial charge in [0.05, 0.1) is 11.0 Å². The molecular weight excluding hydrogens is 242 g/mol. The molecule has 1 saturated heterocycles. The molecule has 0 amide bonds. The molecular formula is C12H14ClNO3. The molecule has 1 fully saturated rings. The summed E-state index contributed by atoms with van der Waals surface area (Å²) in [7, 11) is 0. The first-order valence-electron chi connectivity index (χ1n) is 5.58. The van der Waals surface area contributed by atoms with Crippen LogP contribution < -0.4 is 0 Å². The third-order valence-corrected chi connectivity index (χ3v) is 3.42. The standard InChI is InChI=1S/C12H14ClNO3/c1-8-2-3-9(6-11(8)14(15)16)12-7-10(13)4-5-17-12/h2-3,6,10,12H,4-5,7H2,1H3/t10-,12+/m1/s1. The van der Waals surface area contributed by atoms with Gasteiger partial charge in [-0.15, -0.1) is 11.6 Å². The van der Waals surface area contributed by atoms with Gasteiger partial charge in [0.15, 0.2) is 0 Å². The van der Waals surface area contributed by atoms with Crippen molar-refractivity contribution in [2.45, 2.75) is 31.2 Å². The Morgan fingerprint density at radius 2 is 2.29 bits per heavy atom. The maximum Gasteiger partial charge on any atom is 0.272 e. The molecule has 1 aromatic carbocycles. The van der Waals surface area contributed by atoms with Crippen LogP contribution in [0.3, 0.4) is 0 Å². The lowest BCUT2D eigenvalue weighted by molar-refractivity contribution is -0.385. The van der Waals surface area contributed by atoms with Gasteiger partial charge in [0.2, 0.25) is 0 Å². The molecule has 92 valence electrons. The van der Waals surface area contributed by atoms with Gasteiger partial charge >= 0.3 is 0 Å². The maximum absolute atomic E-state index is 10.9. The molecule has 0 N–H and O–H groups in total. The van der Waals surface area contributed by atoms with E-state index < -0.39 is 0 Å². The molecule has 4 nitrogen and oxygen atoms in total. The Hall–Kier alpha value is -1.13. The number of nitrogens with zero attached hydrogens (tertiary/aromatic N) is 1. The van der Waals surface area contributed by atoms with Gasteiger partial charge in [-0.05, 0) is 25.3 Å². The van der Waals surface area contributed by atoms with E-state index in [0.29, 0.717) is 18.6 Å². The molecule has 5 heteroatoms. The van der Waals surface area contributed by atoms with E-state index in [2.05, 4.69) is 0 Å². The molecule has 0 saturated carbocycles. The van der Waals surface area contributed by atoms with Gasteiger partial charge in [0.1, 0.15) is 0 Å². The average molecular weight is 256 g/mol. The quantitative estimate of drug-likeness (QED) is 0.463. The van der Waals surface area contributed by atoms with E-state index in [4.69, 9.17) is 16.3 Å². The fourth-order valence-corrected chi connectivity index (χ4v) is 2.26. The number of nitro benzene ring substituents is 1. The largest absolute Gasteiger partial charge is 0.373 e. The Morgan fingerprint density at radius 3 is 2.94 bits per heavy atom. The van der Waals surface area contributed by atoms with Gasteiger partial charge < -0.3 is 4.74 Å². The van der Waals surface area contributed by atoms with Crippen molar-refractivity contribution in [2.75, 3.05) is 6.61 Å². The predicted molar refractivity (Wildman–Crippen MR) is 65.4 cm³/mol. The first-order valence-corrected chi connectivity index (χ1v) is 6.02. The Labute approximate surface area is 105 Å². The number of halogens is 1. The van der Waals surface area contributed by atoms with Crippen LogP contribution in [0, 0.1) is 17.0 Å². The first-order chi connectivity index (χ1) is 8.08. The summed E-state index contributed by atoms with van der Waals surface area (Å²) in [6, 6.07) is 5.23. The molecule has 0 bridgehead atoms. The summed E-state index contributed by atoms with van der Waals surface area (Å²) in [5, 5.41) is 11.0. The van der Waals surface area contributed by atoms with E-state index in [1.54, 1.807) is 19.1 Å². The van der Waals surface area contributed by atoms with Crippen molar-refractivity contribution in [1.82, 2.24) is 0 Å². The van der Waals surface area contributed by atoms with Gasteiger partial charge in [0.25, 0.3) is 5.69 Å². The number of nitro groups is 1. The average Bonchev–Trinajstić information content (AvgIpc) is 2.29. The molecule has 0 spiro atoms. The third kappa shape index (κ3) is 2.76. The molecule has 1 aliphatic rings.